The van der Waals surface area contributed by atoms with Gasteiger partial charge in [0.25, 0.3) is 0 Å². The van der Waals surface area contributed by atoms with Gasteiger partial charge in [-0.25, -0.2) is 8.42 Å². The summed E-state index contributed by atoms with van der Waals surface area (Å²) in [6, 6.07) is 14.6. The van der Waals surface area contributed by atoms with E-state index in [0.717, 1.165) is 37.1 Å². The number of sulfone groups is 1. The molecule has 0 unspecified atom stereocenters. The largest absolute Gasteiger partial charge is 0.317 e. The van der Waals surface area contributed by atoms with Crippen LogP contribution in [-0.2, 0) is 9.84 Å². The summed E-state index contributed by atoms with van der Waals surface area (Å²) in [6.45, 7) is 3.85. The number of aryl methyl sites for hydroxylation is 1. The van der Waals surface area contributed by atoms with Gasteiger partial charge in [0.1, 0.15) is 0 Å². The minimum absolute atomic E-state index is 0.317. The van der Waals surface area contributed by atoms with Crippen LogP contribution in [0.1, 0.15) is 29.9 Å². The first kappa shape index (κ1) is 15.3. The third-order valence-corrected chi connectivity index (χ3v) is 6.16. The quantitative estimate of drug-likeness (QED) is 0.945. The monoisotopic (exact) mass is 315 g/mol. The van der Waals surface area contributed by atoms with E-state index in [4.69, 9.17) is 0 Å². The molecular formula is C18H21NO2S. The zero-order chi connectivity index (χ0) is 15.6. The maximum Gasteiger partial charge on any atom is 0.206 e. The number of rotatable bonds is 3. The molecule has 3 nitrogen and oxygen atoms in total. The van der Waals surface area contributed by atoms with E-state index in [1.165, 1.54) is 0 Å². The number of piperidine rings is 1. The molecule has 1 saturated heterocycles. The molecule has 4 heteroatoms. The topological polar surface area (TPSA) is 46.2 Å². The number of hydrogen-bond donors (Lipinski definition) is 1. The van der Waals surface area contributed by atoms with E-state index < -0.39 is 9.84 Å². The van der Waals surface area contributed by atoms with Crippen LogP contribution in [0, 0.1) is 6.92 Å². The van der Waals surface area contributed by atoms with Gasteiger partial charge in [-0.3, -0.25) is 0 Å². The lowest BCUT2D eigenvalue weighted by atomic mass is 9.90. The Kier molecular flexibility index (Phi) is 4.32. The molecule has 2 aromatic carbocycles. The van der Waals surface area contributed by atoms with Crippen molar-refractivity contribution in [2.75, 3.05) is 13.1 Å². The lowest BCUT2D eigenvalue weighted by molar-refractivity contribution is 0.455. The summed E-state index contributed by atoms with van der Waals surface area (Å²) in [4.78, 5) is 0.838. The van der Waals surface area contributed by atoms with Gasteiger partial charge in [-0.05, 0) is 62.5 Å². The van der Waals surface area contributed by atoms with Gasteiger partial charge in [-0.2, -0.15) is 0 Å². The lowest BCUT2D eigenvalue weighted by Crippen LogP contribution is -2.27. The second kappa shape index (κ2) is 6.23. The predicted molar refractivity (Wildman–Crippen MR) is 87.9 cm³/mol. The number of hydrogen-bond acceptors (Lipinski definition) is 3. The standard InChI is InChI=1S/C18H21NO2S/c1-14-6-8-16(9-7-14)22(20,21)18-5-3-2-4-17(18)15-10-12-19-13-11-15/h2-9,15,19H,10-13H2,1H3. The third-order valence-electron chi connectivity index (χ3n) is 4.32. The first-order valence-corrected chi connectivity index (χ1v) is 9.19. The SMILES string of the molecule is Cc1ccc(S(=O)(=O)c2ccccc2C2CCNCC2)cc1. The fraction of sp³-hybridized carbons (Fsp3) is 0.333. The van der Waals surface area contributed by atoms with E-state index in [0.29, 0.717) is 15.7 Å². The normalized spacial score (nSPS) is 16.6. The van der Waals surface area contributed by atoms with E-state index in [2.05, 4.69) is 5.32 Å². The molecule has 0 aromatic heterocycles. The lowest BCUT2D eigenvalue weighted by Gasteiger charge is -2.25. The van der Waals surface area contributed by atoms with Gasteiger partial charge in [0, 0.05) is 0 Å². The molecule has 0 radical (unpaired) electrons. The van der Waals surface area contributed by atoms with E-state index in [9.17, 15) is 8.42 Å². The zero-order valence-electron chi connectivity index (χ0n) is 12.7. The fourth-order valence-electron chi connectivity index (χ4n) is 3.04. The Morgan fingerprint density at radius 2 is 1.59 bits per heavy atom. The average Bonchev–Trinajstić information content (AvgIpc) is 2.56. The zero-order valence-corrected chi connectivity index (χ0v) is 13.6. The first-order valence-electron chi connectivity index (χ1n) is 7.70. The predicted octanol–water partition coefficient (Wildman–Crippen LogP) is 3.29. The van der Waals surface area contributed by atoms with Gasteiger partial charge in [-0.1, -0.05) is 35.9 Å². The Morgan fingerprint density at radius 1 is 0.955 bits per heavy atom. The molecule has 1 N–H and O–H groups in total. The van der Waals surface area contributed by atoms with Crippen LogP contribution < -0.4 is 5.32 Å². The molecule has 1 aliphatic heterocycles. The van der Waals surface area contributed by atoms with Crippen molar-refractivity contribution in [2.24, 2.45) is 0 Å². The molecule has 1 aliphatic rings. The molecule has 1 heterocycles. The van der Waals surface area contributed by atoms with Crippen molar-refractivity contribution in [3.63, 3.8) is 0 Å². The Balaban J connectivity index is 2.05. The van der Waals surface area contributed by atoms with Crippen molar-refractivity contribution in [2.45, 2.75) is 35.5 Å². The fourth-order valence-corrected chi connectivity index (χ4v) is 4.59. The molecule has 3 rings (SSSR count). The van der Waals surface area contributed by atoms with E-state index in [1.54, 1.807) is 18.2 Å². The van der Waals surface area contributed by atoms with Crippen molar-refractivity contribution >= 4 is 9.84 Å². The van der Waals surface area contributed by atoms with Crippen molar-refractivity contribution in [1.29, 1.82) is 0 Å². The average molecular weight is 315 g/mol. The van der Waals surface area contributed by atoms with Crippen LogP contribution in [-0.4, -0.2) is 21.5 Å². The van der Waals surface area contributed by atoms with Crippen LogP contribution in [0.5, 0.6) is 0 Å². The minimum Gasteiger partial charge on any atom is -0.317 e. The molecule has 0 amide bonds. The highest BCUT2D eigenvalue weighted by atomic mass is 32.2. The first-order chi connectivity index (χ1) is 10.6. The van der Waals surface area contributed by atoms with Crippen LogP contribution >= 0.6 is 0 Å². The van der Waals surface area contributed by atoms with Gasteiger partial charge in [0.2, 0.25) is 9.84 Å². The summed E-state index contributed by atoms with van der Waals surface area (Å²) in [5.74, 6) is 0.317. The Labute approximate surface area is 132 Å². The van der Waals surface area contributed by atoms with Crippen LogP contribution in [0.3, 0.4) is 0 Å². The maximum absolute atomic E-state index is 13.0. The van der Waals surface area contributed by atoms with E-state index in [1.807, 2.05) is 37.3 Å². The van der Waals surface area contributed by atoms with Gasteiger partial charge in [0.05, 0.1) is 9.79 Å². The summed E-state index contributed by atoms with van der Waals surface area (Å²) in [5, 5.41) is 3.33. The highest BCUT2D eigenvalue weighted by molar-refractivity contribution is 7.91. The van der Waals surface area contributed by atoms with Crippen LogP contribution in [0.4, 0.5) is 0 Å². The van der Waals surface area contributed by atoms with E-state index in [-0.39, 0.29) is 0 Å². The smallest absolute Gasteiger partial charge is 0.206 e. The van der Waals surface area contributed by atoms with Gasteiger partial charge < -0.3 is 5.32 Å². The van der Waals surface area contributed by atoms with Gasteiger partial charge in [0.15, 0.2) is 0 Å². The molecule has 22 heavy (non-hydrogen) atoms. The van der Waals surface area contributed by atoms with Crippen LogP contribution in [0.25, 0.3) is 0 Å². The number of nitrogens with one attached hydrogen (secondary N) is 1. The molecule has 0 spiro atoms. The summed E-state index contributed by atoms with van der Waals surface area (Å²) >= 11 is 0. The van der Waals surface area contributed by atoms with Crippen molar-refractivity contribution in [3.05, 3.63) is 59.7 Å². The third kappa shape index (κ3) is 2.94. The molecule has 0 bridgehead atoms. The highest BCUT2D eigenvalue weighted by Gasteiger charge is 2.25. The molecule has 2 aromatic rings. The highest BCUT2D eigenvalue weighted by Crippen LogP contribution is 2.33. The molecule has 0 saturated carbocycles. The Hall–Kier alpha value is -1.65. The van der Waals surface area contributed by atoms with Gasteiger partial charge >= 0.3 is 0 Å². The minimum atomic E-state index is -3.46. The Morgan fingerprint density at radius 3 is 2.27 bits per heavy atom. The molecule has 1 fully saturated rings. The number of benzene rings is 2. The summed E-state index contributed by atoms with van der Waals surface area (Å²) in [5.41, 5.74) is 2.02. The molecular weight excluding hydrogens is 294 g/mol. The van der Waals surface area contributed by atoms with E-state index >= 15 is 0 Å². The molecule has 0 atom stereocenters. The van der Waals surface area contributed by atoms with Gasteiger partial charge in [-0.15, -0.1) is 0 Å². The van der Waals surface area contributed by atoms with Crippen LogP contribution in [0.2, 0.25) is 0 Å². The molecule has 116 valence electrons. The Bertz CT molecular complexity index is 745. The van der Waals surface area contributed by atoms with Crippen molar-refractivity contribution in [1.82, 2.24) is 5.32 Å². The summed E-state index contributed by atoms with van der Waals surface area (Å²) in [6.07, 6.45) is 1.97. The second-order valence-corrected chi connectivity index (χ2v) is 7.80. The van der Waals surface area contributed by atoms with Crippen molar-refractivity contribution in [3.8, 4) is 0 Å². The molecule has 0 aliphatic carbocycles. The van der Waals surface area contributed by atoms with Crippen molar-refractivity contribution < 1.29 is 8.42 Å². The van der Waals surface area contributed by atoms with Crippen LogP contribution in [0.15, 0.2) is 58.3 Å². The summed E-state index contributed by atoms with van der Waals surface area (Å²) in [7, 11) is -3.46. The second-order valence-electron chi connectivity index (χ2n) is 5.88. The summed E-state index contributed by atoms with van der Waals surface area (Å²) < 4.78 is 26.0. The maximum atomic E-state index is 13.0.